The number of rotatable bonds is 7. The Kier molecular flexibility index (Phi) is 7.52. The first-order chi connectivity index (χ1) is 5.27. The quantitative estimate of drug-likeness (QED) is 0.447. The van der Waals surface area contributed by atoms with Crippen LogP contribution < -0.4 is 5.32 Å². The fourth-order valence-corrected chi connectivity index (χ4v) is 0.688. The third kappa shape index (κ3) is 9.66. The van der Waals surface area contributed by atoms with Crippen molar-refractivity contribution in [1.29, 1.82) is 0 Å². The molecular formula is C9H19NO. The molecule has 0 aromatic carbocycles. The van der Waals surface area contributed by atoms with Crippen molar-refractivity contribution < 1.29 is 4.74 Å². The van der Waals surface area contributed by atoms with Crippen LogP contribution in [-0.4, -0.2) is 25.8 Å². The van der Waals surface area contributed by atoms with Gasteiger partial charge in [-0.3, -0.25) is 0 Å². The highest BCUT2D eigenvalue weighted by Gasteiger charge is 1.90. The molecule has 0 aliphatic carbocycles. The van der Waals surface area contributed by atoms with E-state index in [-0.39, 0.29) is 0 Å². The second-order valence-electron chi connectivity index (χ2n) is 2.80. The van der Waals surface area contributed by atoms with E-state index in [0.717, 1.165) is 26.2 Å². The maximum atomic E-state index is 5.29. The molecule has 0 aliphatic rings. The first-order valence-electron chi connectivity index (χ1n) is 4.19. The third-order valence-corrected chi connectivity index (χ3v) is 1.27. The average molecular weight is 157 g/mol. The Bertz CT molecular complexity index is 91.6. The van der Waals surface area contributed by atoms with Gasteiger partial charge in [0, 0.05) is 12.6 Å². The molecule has 2 heteroatoms. The molecule has 0 saturated heterocycles. The molecule has 0 unspecified atom stereocenters. The zero-order valence-electron chi connectivity index (χ0n) is 7.60. The number of nitrogens with one attached hydrogen (secondary N) is 1. The molecule has 0 rings (SSSR count). The summed E-state index contributed by atoms with van der Waals surface area (Å²) < 4.78 is 5.29. The van der Waals surface area contributed by atoms with Crippen molar-refractivity contribution in [3.8, 4) is 0 Å². The van der Waals surface area contributed by atoms with Gasteiger partial charge in [-0.25, -0.2) is 0 Å². The van der Waals surface area contributed by atoms with Gasteiger partial charge in [-0.15, -0.1) is 6.58 Å². The van der Waals surface area contributed by atoms with E-state index >= 15 is 0 Å². The molecule has 0 aliphatic heterocycles. The van der Waals surface area contributed by atoms with Crippen molar-refractivity contribution in [3.63, 3.8) is 0 Å². The van der Waals surface area contributed by atoms with Gasteiger partial charge in [-0.2, -0.15) is 0 Å². The predicted molar refractivity (Wildman–Crippen MR) is 48.8 cm³/mol. The van der Waals surface area contributed by atoms with E-state index < -0.39 is 0 Å². The van der Waals surface area contributed by atoms with E-state index in [1.807, 2.05) is 6.08 Å². The summed E-state index contributed by atoms with van der Waals surface area (Å²) >= 11 is 0. The summed E-state index contributed by atoms with van der Waals surface area (Å²) in [4.78, 5) is 0. The summed E-state index contributed by atoms with van der Waals surface area (Å²) in [5, 5.41) is 3.27. The lowest BCUT2D eigenvalue weighted by Gasteiger charge is -2.07. The van der Waals surface area contributed by atoms with E-state index in [2.05, 4.69) is 25.7 Å². The van der Waals surface area contributed by atoms with Crippen LogP contribution in [0.5, 0.6) is 0 Å². The van der Waals surface area contributed by atoms with Gasteiger partial charge in [-0.05, 0) is 6.42 Å². The zero-order chi connectivity index (χ0) is 8.53. The molecule has 0 bridgehead atoms. The first kappa shape index (κ1) is 10.7. The summed E-state index contributed by atoms with van der Waals surface area (Å²) in [5.41, 5.74) is 0. The highest BCUT2D eigenvalue weighted by atomic mass is 16.5. The maximum absolute atomic E-state index is 5.29. The Labute approximate surface area is 69.6 Å². The van der Waals surface area contributed by atoms with Crippen molar-refractivity contribution in [3.05, 3.63) is 12.7 Å². The fourth-order valence-electron chi connectivity index (χ4n) is 0.688. The van der Waals surface area contributed by atoms with Crippen LogP contribution >= 0.6 is 0 Å². The zero-order valence-corrected chi connectivity index (χ0v) is 7.60. The van der Waals surface area contributed by atoms with Gasteiger partial charge >= 0.3 is 0 Å². The summed E-state index contributed by atoms with van der Waals surface area (Å²) in [5.74, 6) is 0. The van der Waals surface area contributed by atoms with E-state index in [9.17, 15) is 0 Å². The maximum Gasteiger partial charge on any atom is 0.0591 e. The predicted octanol–water partition coefficient (Wildman–Crippen LogP) is 1.58. The number of ether oxygens (including phenoxy) is 1. The molecule has 66 valence electrons. The normalized spacial score (nSPS) is 10.5. The molecule has 0 aromatic heterocycles. The molecule has 11 heavy (non-hydrogen) atoms. The minimum atomic E-state index is 0.554. The Hall–Kier alpha value is -0.340. The van der Waals surface area contributed by atoms with Crippen LogP contribution in [0.3, 0.4) is 0 Å². The van der Waals surface area contributed by atoms with Crippen LogP contribution in [0.2, 0.25) is 0 Å². The number of hydrogen-bond acceptors (Lipinski definition) is 2. The Morgan fingerprint density at radius 2 is 2.18 bits per heavy atom. The van der Waals surface area contributed by atoms with Crippen molar-refractivity contribution in [2.75, 3.05) is 19.8 Å². The SMILES string of the molecule is C=CCCOCCNC(C)C. The largest absolute Gasteiger partial charge is 0.380 e. The molecule has 0 atom stereocenters. The van der Waals surface area contributed by atoms with Gasteiger partial charge in [0.25, 0.3) is 0 Å². The van der Waals surface area contributed by atoms with E-state index in [1.165, 1.54) is 0 Å². The first-order valence-corrected chi connectivity index (χ1v) is 4.19. The van der Waals surface area contributed by atoms with Crippen LogP contribution in [0.25, 0.3) is 0 Å². The van der Waals surface area contributed by atoms with Crippen LogP contribution in [-0.2, 0) is 4.74 Å². The lowest BCUT2D eigenvalue weighted by atomic mass is 10.4. The van der Waals surface area contributed by atoms with Crippen LogP contribution in [0, 0.1) is 0 Å². The standard InChI is InChI=1S/C9H19NO/c1-4-5-7-11-8-6-10-9(2)3/h4,9-10H,1,5-8H2,2-3H3. The van der Waals surface area contributed by atoms with Gasteiger partial charge in [-0.1, -0.05) is 19.9 Å². The monoisotopic (exact) mass is 157 g/mol. The van der Waals surface area contributed by atoms with Crippen LogP contribution in [0.15, 0.2) is 12.7 Å². The molecular weight excluding hydrogens is 138 g/mol. The van der Waals surface area contributed by atoms with Crippen molar-refractivity contribution in [1.82, 2.24) is 5.32 Å². The molecule has 0 fully saturated rings. The molecule has 0 amide bonds. The second kappa shape index (κ2) is 7.76. The molecule has 0 spiro atoms. The van der Waals surface area contributed by atoms with Gasteiger partial charge in [0.2, 0.25) is 0 Å². The summed E-state index contributed by atoms with van der Waals surface area (Å²) in [6, 6.07) is 0.554. The van der Waals surface area contributed by atoms with Gasteiger partial charge < -0.3 is 10.1 Å². The molecule has 0 radical (unpaired) electrons. The van der Waals surface area contributed by atoms with Crippen molar-refractivity contribution in [2.24, 2.45) is 0 Å². The molecule has 1 N–H and O–H groups in total. The summed E-state index contributed by atoms with van der Waals surface area (Å²) in [6.45, 7) is 10.4. The van der Waals surface area contributed by atoms with Gasteiger partial charge in [0.1, 0.15) is 0 Å². The molecule has 0 aromatic rings. The van der Waals surface area contributed by atoms with Gasteiger partial charge in [0.05, 0.1) is 13.2 Å². The van der Waals surface area contributed by atoms with Gasteiger partial charge in [0.15, 0.2) is 0 Å². The van der Waals surface area contributed by atoms with Crippen molar-refractivity contribution in [2.45, 2.75) is 26.3 Å². The summed E-state index contributed by atoms with van der Waals surface area (Å²) in [7, 11) is 0. The Morgan fingerprint density at radius 1 is 1.45 bits per heavy atom. The topological polar surface area (TPSA) is 21.3 Å². The highest BCUT2D eigenvalue weighted by Crippen LogP contribution is 1.82. The van der Waals surface area contributed by atoms with E-state index in [0.29, 0.717) is 6.04 Å². The van der Waals surface area contributed by atoms with Crippen molar-refractivity contribution >= 4 is 0 Å². The number of hydrogen-bond donors (Lipinski definition) is 1. The molecule has 0 heterocycles. The Morgan fingerprint density at radius 3 is 2.73 bits per heavy atom. The smallest absolute Gasteiger partial charge is 0.0591 e. The Balaban J connectivity index is 2.85. The third-order valence-electron chi connectivity index (χ3n) is 1.27. The lowest BCUT2D eigenvalue weighted by Crippen LogP contribution is -2.26. The minimum absolute atomic E-state index is 0.554. The van der Waals surface area contributed by atoms with Crippen LogP contribution in [0.4, 0.5) is 0 Å². The fraction of sp³-hybridized carbons (Fsp3) is 0.778. The van der Waals surface area contributed by atoms with E-state index in [1.54, 1.807) is 0 Å². The second-order valence-corrected chi connectivity index (χ2v) is 2.80. The molecule has 0 saturated carbocycles. The average Bonchev–Trinajstić information content (AvgIpc) is 1.96. The minimum Gasteiger partial charge on any atom is -0.380 e. The lowest BCUT2D eigenvalue weighted by molar-refractivity contribution is 0.139. The highest BCUT2D eigenvalue weighted by molar-refractivity contribution is 4.64. The molecule has 2 nitrogen and oxygen atoms in total. The van der Waals surface area contributed by atoms with E-state index in [4.69, 9.17) is 4.74 Å². The summed E-state index contributed by atoms with van der Waals surface area (Å²) in [6.07, 6.45) is 2.82. The van der Waals surface area contributed by atoms with Crippen LogP contribution in [0.1, 0.15) is 20.3 Å².